The number of hydrogen-bond acceptors (Lipinski definition) is 0. The van der Waals surface area contributed by atoms with E-state index in [4.69, 9.17) is 0 Å². The first-order valence-corrected chi connectivity index (χ1v) is 20.0. The Labute approximate surface area is 333 Å². The summed E-state index contributed by atoms with van der Waals surface area (Å²) in [6.45, 7) is 9.50. The van der Waals surface area contributed by atoms with Crippen LogP contribution in [-0.4, -0.2) is 0 Å². The van der Waals surface area contributed by atoms with Gasteiger partial charge in [0.2, 0.25) is 0 Å². The lowest BCUT2D eigenvalue weighted by Crippen LogP contribution is -2.15. The average Bonchev–Trinajstić information content (AvgIpc) is 3.61. The van der Waals surface area contributed by atoms with Gasteiger partial charge >= 0.3 is 0 Å². The molecule has 0 bridgehead atoms. The van der Waals surface area contributed by atoms with Gasteiger partial charge in [-0.1, -0.05) is 173 Å². The molecule has 0 saturated heterocycles. The molecular weight excluding hydrogens is 692 g/mol. The van der Waals surface area contributed by atoms with Crippen LogP contribution in [-0.2, 0) is 10.8 Å². The molecule has 9 aromatic carbocycles. The highest BCUT2D eigenvalue weighted by molar-refractivity contribution is 6.21. The molecule has 57 heavy (non-hydrogen) atoms. The Morgan fingerprint density at radius 2 is 0.632 bits per heavy atom. The summed E-state index contributed by atoms with van der Waals surface area (Å²) in [5.74, 6) is -0.221. The SMILES string of the molecule is CC1(C)c2ccccc2-c2ccc(-c3ccc4c(c3)C(C)(C)c3cc(-c5c6ccccc6c(-c6ccc(-c7ccc(F)cc7)cc6)c6ccccc56)ccc3-4)cc21. The fourth-order valence-corrected chi connectivity index (χ4v) is 10.2. The van der Waals surface area contributed by atoms with E-state index >= 15 is 0 Å². The molecule has 0 spiro atoms. The lowest BCUT2D eigenvalue weighted by atomic mass is 9.79. The molecule has 0 aromatic heterocycles. The maximum Gasteiger partial charge on any atom is 0.123 e. The largest absolute Gasteiger partial charge is 0.207 e. The van der Waals surface area contributed by atoms with Crippen LogP contribution in [0.4, 0.5) is 4.39 Å². The van der Waals surface area contributed by atoms with E-state index in [-0.39, 0.29) is 16.6 Å². The zero-order valence-corrected chi connectivity index (χ0v) is 32.6. The number of benzene rings is 9. The number of rotatable bonds is 4. The lowest BCUT2D eigenvalue weighted by molar-refractivity contribution is 0.628. The first-order valence-electron chi connectivity index (χ1n) is 20.0. The molecule has 0 unspecified atom stereocenters. The second kappa shape index (κ2) is 12.2. The number of halogens is 1. The Bertz CT molecular complexity index is 3050. The van der Waals surface area contributed by atoms with Gasteiger partial charge in [0.05, 0.1) is 0 Å². The molecule has 0 aliphatic heterocycles. The van der Waals surface area contributed by atoms with Crippen LogP contribution >= 0.6 is 0 Å². The van der Waals surface area contributed by atoms with E-state index in [1.165, 1.54) is 106 Å². The summed E-state index contributed by atoms with van der Waals surface area (Å²) in [6, 6.07) is 63.4. The first kappa shape index (κ1) is 33.7. The van der Waals surface area contributed by atoms with Crippen molar-refractivity contribution in [3.05, 3.63) is 204 Å². The van der Waals surface area contributed by atoms with Gasteiger partial charge in [-0.2, -0.15) is 0 Å². The zero-order chi connectivity index (χ0) is 38.6. The highest BCUT2D eigenvalue weighted by Crippen LogP contribution is 2.53. The van der Waals surface area contributed by atoms with Gasteiger partial charge in [0.15, 0.2) is 0 Å². The summed E-state index contributed by atoms with van der Waals surface area (Å²) in [6.07, 6.45) is 0. The third-order valence-electron chi connectivity index (χ3n) is 13.2. The van der Waals surface area contributed by atoms with E-state index in [0.29, 0.717) is 0 Å². The summed E-state index contributed by atoms with van der Waals surface area (Å²) in [7, 11) is 0. The van der Waals surface area contributed by atoms with Gasteiger partial charge in [0.25, 0.3) is 0 Å². The van der Waals surface area contributed by atoms with Gasteiger partial charge in [-0.15, -0.1) is 0 Å². The smallest absolute Gasteiger partial charge is 0.123 e. The van der Waals surface area contributed by atoms with Crippen molar-refractivity contribution in [3.63, 3.8) is 0 Å². The Morgan fingerprint density at radius 3 is 1.14 bits per heavy atom. The van der Waals surface area contributed by atoms with E-state index in [1.807, 2.05) is 12.1 Å². The van der Waals surface area contributed by atoms with Crippen LogP contribution in [0.5, 0.6) is 0 Å². The van der Waals surface area contributed by atoms with Crippen LogP contribution in [0.15, 0.2) is 176 Å². The van der Waals surface area contributed by atoms with Crippen LogP contribution in [0, 0.1) is 5.82 Å². The normalized spacial score (nSPS) is 14.3. The molecule has 11 rings (SSSR count). The molecular formula is C56H41F. The highest BCUT2D eigenvalue weighted by atomic mass is 19.1. The third kappa shape index (κ3) is 4.98. The quantitative estimate of drug-likeness (QED) is 0.158. The van der Waals surface area contributed by atoms with Gasteiger partial charge in [0, 0.05) is 10.8 Å². The average molecular weight is 733 g/mol. The van der Waals surface area contributed by atoms with Crippen molar-refractivity contribution in [1.82, 2.24) is 0 Å². The van der Waals surface area contributed by atoms with Gasteiger partial charge in [-0.25, -0.2) is 4.39 Å². The minimum absolute atomic E-state index is 0.0348. The summed E-state index contributed by atoms with van der Waals surface area (Å²) in [4.78, 5) is 0. The Hall–Kier alpha value is -6.57. The molecule has 0 radical (unpaired) electrons. The number of fused-ring (bicyclic) bond motifs is 8. The molecule has 2 aliphatic carbocycles. The summed E-state index contributed by atoms with van der Waals surface area (Å²) >= 11 is 0. The summed E-state index contributed by atoms with van der Waals surface area (Å²) < 4.78 is 13.7. The van der Waals surface area contributed by atoms with E-state index < -0.39 is 0 Å². The van der Waals surface area contributed by atoms with E-state index in [2.05, 4.69) is 179 Å². The Morgan fingerprint density at radius 1 is 0.298 bits per heavy atom. The van der Waals surface area contributed by atoms with E-state index in [1.54, 1.807) is 0 Å². The molecule has 0 saturated carbocycles. The second-order valence-corrected chi connectivity index (χ2v) is 17.0. The number of hydrogen-bond donors (Lipinski definition) is 0. The predicted octanol–water partition coefficient (Wildman–Crippen LogP) is 15.4. The van der Waals surface area contributed by atoms with Crippen LogP contribution < -0.4 is 0 Å². The van der Waals surface area contributed by atoms with Crippen molar-refractivity contribution in [3.8, 4) is 66.8 Å². The molecule has 0 fully saturated rings. The molecule has 0 heterocycles. The van der Waals surface area contributed by atoms with Gasteiger partial charge in [-0.05, 0) is 141 Å². The Kier molecular flexibility index (Phi) is 7.23. The van der Waals surface area contributed by atoms with Crippen molar-refractivity contribution >= 4 is 21.5 Å². The minimum atomic E-state index is -0.221. The first-order chi connectivity index (χ1) is 27.7. The van der Waals surface area contributed by atoms with E-state index in [9.17, 15) is 4.39 Å². The molecule has 0 amide bonds. The standard InChI is InChI=1S/C56H41F/c1-55(2)49-16-10-9-11-41(49)42-28-23-37(31-50(42)55)38-24-29-43-44-30-25-39(33-52(44)56(3,4)51(43)32-38)54-47-14-7-5-12-45(47)53(46-13-6-8-15-48(46)54)36-19-17-34(18-20-36)35-21-26-40(57)27-22-35/h5-33H,1-4H3. The van der Waals surface area contributed by atoms with Crippen molar-refractivity contribution in [2.75, 3.05) is 0 Å². The van der Waals surface area contributed by atoms with Crippen molar-refractivity contribution in [1.29, 1.82) is 0 Å². The molecule has 2 aliphatic rings. The molecule has 272 valence electrons. The topological polar surface area (TPSA) is 0 Å². The fourth-order valence-electron chi connectivity index (χ4n) is 10.2. The van der Waals surface area contributed by atoms with Gasteiger partial charge in [0.1, 0.15) is 5.82 Å². The second-order valence-electron chi connectivity index (χ2n) is 17.0. The highest BCUT2D eigenvalue weighted by Gasteiger charge is 2.37. The van der Waals surface area contributed by atoms with Crippen molar-refractivity contribution in [2.24, 2.45) is 0 Å². The predicted molar refractivity (Wildman–Crippen MR) is 238 cm³/mol. The third-order valence-corrected chi connectivity index (χ3v) is 13.2. The molecule has 0 N–H and O–H groups in total. The summed E-state index contributed by atoms with van der Waals surface area (Å²) in [5, 5.41) is 4.94. The van der Waals surface area contributed by atoms with Crippen LogP contribution in [0.3, 0.4) is 0 Å². The minimum Gasteiger partial charge on any atom is -0.207 e. The van der Waals surface area contributed by atoms with Gasteiger partial charge in [-0.3, -0.25) is 0 Å². The lowest BCUT2D eigenvalue weighted by Gasteiger charge is -2.24. The Balaban J connectivity index is 1.01. The molecule has 9 aromatic rings. The van der Waals surface area contributed by atoms with Gasteiger partial charge < -0.3 is 0 Å². The fraction of sp³-hybridized carbons (Fsp3) is 0.107. The van der Waals surface area contributed by atoms with Crippen molar-refractivity contribution < 1.29 is 4.39 Å². The molecule has 0 atom stereocenters. The monoisotopic (exact) mass is 732 g/mol. The molecule has 1 heteroatoms. The van der Waals surface area contributed by atoms with E-state index in [0.717, 1.165) is 16.7 Å². The zero-order valence-electron chi connectivity index (χ0n) is 32.6. The summed E-state index contributed by atoms with van der Waals surface area (Å²) in [5.41, 5.74) is 20.2. The maximum atomic E-state index is 13.7. The van der Waals surface area contributed by atoms with Crippen molar-refractivity contribution in [2.45, 2.75) is 38.5 Å². The van der Waals surface area contributed by atoms with Crippen LogP contribution in [0.1, 0.15) is 49.9 Å². The maximum absolute atomic E-state index is 13.7. The van der Waals surface area contributed by atoms with Crippen LogP contribution in [0.25, 0.3) is 88.3 Å². The molecule has 0 nitrogen and oxygen atoms in total. The van der Waals surface area contributed by atoms with Crippen LogP contribution in [0.2, 0.25) is 0 Å².